The van der Waals surface area contributed by atoms with Gasteiger partial charge in [-0.05, 0) is 89.9 Å². The molecule has 0 radical (unpaired) electrons. The lowest BCUT2D eigenvalue weighted by atomic mass is 9.80. The number of pyridine rings is 1. The summed E-state index contributed by atoms with van der Waals surface area (Å²) in [5.41, 5.74) is -0.699. The van der Waals surface area contributed by atoms with E-state index >= 15 is 0 Å². The van der Waals surface area contributed by atoms with Crippen molar-refractivity contribution < 1.29 is 22.7 Å². The lowest BCUT2D eigenvalue weighted by Gasteiger charge is -2.35. The van der Waals surface area contributed by atoms with Crippen LogP contribution in [0.25, 0.3) is 0 Å². The highest BCUT2D eigenvalue weighted by atomic mass is 19.4. The Morgan fingerprint density at radius 1 is 1.25 bits per heavy atom. The number of rotatable bonds is 8. The number of hydrogen-bond donors (Lipinski definition) is 1. The third-order valence-corrected chi connectivity index (χ3v) is 6.80. The molecule has 1 saturated heterocycles. The largest absolute Gasteiger partial charge is 0.462 e. The second kappa shape index (κ2) is 11.3. The number of carbonyl (C=O) groups is 1. The molecular weight excluding hydrogens is 469 g/mol. The molecule has 0 saturated carbocycles. The van der Waals surface area contributed by atoms with E-state index in [0.29, 0.717) is 17.7 Å². The Labute approximate surface area is 210 Å². The van der Waals surface area contributed by atoms with Crippen LogP contribution in [-0.4, -0.2) is 47.6 Å². The van der Waals surface area contributed by atoms with E-state index in [1.165, 1.54) is 0 Å². The van der Waals surface area contributed by atoms with Crippen LogP contribution in [0.3, 0.4) is 0 Å². The number of nitrogens with one attached hydrogen (secondary N) is 1. The molecule has 3 rings (SSSR count). The first-order chi connectivity index (χ1) is 16.9. The molecule has 1 aromatic heterocycles. The van der Waals surface area contributed by atoms with Gasteiger partial charge in [0.1, 0.15) is 0 Å². The molecular formula is C27H33F3N4O2. The maximum absolute atomic E-state index is 13.2. The van der Waals surface area contributed by atoms with E-state index < -0.39 is 23.2 Å². The molecule has 2 unspecified atom stereocenters. The summed E-state index contributed by atoms with van der Waals surface area (Å²) in [5, 5.41) is 12.4. The predicted molar refractivity (Wildman–Crippen MR) is 130 cm³/mol. The number of carbonyl (C=O) groups excluding carboxylic acids is 1. The molecule has 1 N–H and O–H groups in total. The molecule has 2 heterocycles. The Hall–Kier alpha value is -3.12. The quantitative estimate of drug-likeness (QED) is 0.540. The minimum atomic E-state index is -4.50. The summed E-state index contributed by atoms with van der Waals surface area (Å²) in [4.78, 5) is 19.2. The second-order valence-electron chi connectivity index (χ2n) is 10.1. The Morgan fingerprint density at radius 2 is 1.94 bits per heavy atom. The zero-order valence-corrected chi connectivity index (χ0v) is 21.1. The zero-order valence-electron chi connectivity index (χ0n) is 21.1. The third-order valence-electron chi connectivity index (χ3n) is 6.80. The van der Waals surface area contributed by atoms with E-state index in [4.69, 9.17) is 4.74 Å². The van der Waals surface area contributed by atoms with Gasteiger partial charge in [0.05, 0.1) is 17.2 Å². The molecule has 36 heavy (non-hydrogen) atoms. The summed E-state index contributed by atoms with van der Waals surface area (Å²) < 4.78 is 44.1. The lowest BCUT2D eigenvalue weighted by Crippen LogP contribution is -2.51. The van der Waals surface area contributed by atoms with Crippen LogP contribution >= 0.6 is 0 Å². The fraction of sp³-hybridized carbons (Fsp3) is 0.519. The summed E-state index contributed by atoms with van der Waals surface area (Å²) >= 11 is 0. The number of ether oxygens (including phenoxy) is 1. The number of amides is 1. The van der Waals surface area contributed by atoms with Crippen LogP contribution in [0.5, 0.6) is 5.88 Å². The number of nitrogens with zero attached hydrogens (tertiary/aromatic N) is 3. The first kappa shape index (κ1) is 27.5. The summed E-state index contributed by atoms with van der Waals surface area (Å²) in [7, 11) is 2.11. The fourth-order valence-electron chi connectivity index (χ4n) is 4.52. The van der Waals surface area contributed by atoms with Crippen LogP contribution < -0.4 is 10.1 Å². The molecule has 1 aliphatic heterocycles. The van der Waals surface area contributed by atoms with Crippen LogP contribution in [-0.2, 0) is 11.0 Å². The van der Waals surface area contributed by atoms with E-state index in [1.54, 1.807) is 19.9 Å². The number of piperidine rings is 1. The topological polar surface area (TPSA) is 78.2 Å². The van der Waals surface area contributed by atoms with Gasteiger partial charge in [0.15, 0.2) is 5.60 Å². The molecule has 1 aliphatic rings. The van der Waals surface area contributed by atoms with Crippen LogP contribution in [0.15, 0.2) is 42.6 Å². The summed E-state index contributed by atoms with van der Waals surface area (Å²) in [6.45, 7) is 7.09. The van der Waals surface area contributed by atoms with Gasteiger partial charge >= 0.3 is 6.18 Å². The Bertz CT molecular complexity index is 1070. The summed E-state index contributed by atoms with van der Waals surface area (Å²) in [5.74, 6) is 0.00876. The summed E-state index contributed by atoms with van der Waals surface area (Å²) in [6.07, 6.45) is -0.809. The SMILES string of the molecule is CC(NC(=O)C(C)(C)Oc1ccc(C(F)(F)F)cn1)C(CC1CCN(C)CC1)c1cccc(C#N)c1. The maximum Gasteiger partial charge on any atom is 0.417 e. The molecule has 0 aliphatic carbocycles. The molecule has 0 spiro atoms. The van der Waals surface area contributed by atoms with Crippen molar-refractivity contribution >= 4 is 5.91 Å². The third kappa shape index (κ3) is 7.20. The van der Waals surface area contributed by atoms with E-state index in [9.17, 15) is 23.2 Å². The highest BCUT2D eigenvalue weighted by Gasteiger charge is 2.35. The first-order valence-electron chi connectivity index (χ1n) is 12.1. The monoisotopic (exact) mass is 502 g/mol. The van der Waals surface area contributed by atoms with Crippen molar-refractivity contribution in [2.24, 2.45) is 5.92 Å². The summed E-state index contributed by atoms with van der Waals surface area (Å²) in [6, 6.07) is 11.4. The molecule has 0 bridgehead atoms. The fourth-order valence-corrected chi connectivity index (χ4v) is 4.52. The maximum atomic E-state index is 13.2. The number of benzene rings is 1. The van der Waals surface area contributed by atoms with Gasteiger partial charge in [0, 0.05) is 24.2 Å². The van der Waals surface area contributed by atoms with Crippen molar-refractivity contribution in [2.75, 3.05) is 20.1 Å². The predicted octanol–water partition coefficient (Wildman–Crippen LogP) is 5.15. The van der Waals surface area contributed by atoms with Crippen molar-refractivity contribution in [1.82, 2.24) is 15.2 Å². The lowest BCUT2D eigenvalue weighted by molar-refractivity contribution is -0.138. The normalized spacial score (nSPS) is 17.2. The standard InChI is InChI=1S/C27H33F3N4O2/c1-18(33-25(35)26(2,3)36-24-9-8-22(17-32-24)27(28,29)30)23(15-19-10-12-34(4)13-11-19)21-7-5-6-20(14-21)16-31/h5-9,14,17-19,23H,10-13,15H2,1-4H3,(H,33,35). The first-order valence-corrected chi connectivity index (χ1v) is 12.1. The number of halogens is 3. The van der Waals surface area contributed by atoms with E-state index in [1.807, 2.05) is 25.1 Å². The number of hydrogen-bond acceptors (Lipinski definition) is 5. The second-order valence-corrected chi connectivity index (χ2v) is 10.1. The molecule has 2 aromatic rings. The smallest absolute Gasteiger partial charge is 0.417 e. The van der Waals surface area contributed by atoms with Gasteiger partial charge in [-0.25, -0.2) is 4.98 Å². The van der Waals surface area contributed by atoms with Gasteiger partial charge < -0.3 is 15.0 Å². The number of nitriles is 1. The molecule has 1 aromatic carbocycles. The van der Waals surface area contributed by atoms with Gasteiger partial charge in [-0.3, -0.25) is 4.79 Å². The Balaban J connectivity index is 1.74. The van der Waals surface area contributed by atoms with Crippen molar-refractivity contribution in [2.45, 2.75) is 63.8 Å². The van der Waals surface area contributed by atoms with Gasteiger partial charge in [-0.1, -0.05) is 12.1 Å². The van der Waals surface area contributed by atoms with Crippen LogP contribution in [0, 0.1) is 17.2 Å². The van der Waals surface area contributed by atoms with Gasteiger partial charge in [0.2, 0.25) is 5.88 Å². The van der Waals surface area contributed by atoms with Crippen molar-refractivity contribution in [3.05, 3.63) is 59.3 Å². The molecule has 2 atom stereocenters. The Morgan fingerprint density at radius 3 is 2.53 bits per heavy atom. The van der Waals surface area contributed by atoms with E-state index in [0.717, 1.165) is 50.0 Å². The average molecular weight is 503 g/mol. The number of alkyl halides is 3. The van der Waals surface area contributed by atoms with Gasteiger partial charge in [0.25, 0.3) is 5.91 Å². The zero-order chi connectivity index (χ0) is 26.5. The number of aromatic nitrogens is 1. The molecule has 194 valence electrons. The van der Waals surface area contributed by atoms with E-state index in [-0.39, 0.29) is 17.8 Å². The van der Waals surface area contributed by atoms with E-state index in [2.05, 4.69) is 28.3 Å². The van der Waals surface area contributed by atoms with Crippen LogP contribution in [0.2, 0.25) is 0 Å². The molecule has 9 heteroatoms. The highest BCUT2D eigenvalue weighted by molar-refractivity contribution is 5.85. The molecule has 1 fully saturated rings. The average Bonchev–Trinajstić information content (AvgIpc) is 2.83. The molecule has 1 amide bonds. The Kier molecular flexibility index (Phi) is 8.62. The van der Waals surface area contributed by atoms with Crippen LogP contribution in [0.4, 0.5) is 13.2 Å². The van der Waals surface area contributed by atoms with Crippen molar-refractivity contribution in [1.29, 1.82) is 5.26 Å². The molecule has 6 nitrogen and oxygen atoms in total. The number of likely N-dealkylation sites (tertiary alicyclic amines) is 1. The van der Waals surface area contributed by atoms with Crippen molar-refractivity contribution in [3.8, 4) is 11.9 Å². The highest BCUT2D eigenvalue weighted by Crippen LogP contribution is 2.33. The van der Waals surface area contributed by atoms with Crippen LogP contribution in [0.1, 0.15) is 62.6 Å². The van der Waals surface area contributed by atoms with Crippen molar-refractivity contribution in [3.63, 3.8) is 0 Å². The minimum absolute atomic E-state index is 0.0179. The van der Waals surface area contributed by atoms with Gasteiger partial charge in [-0.15, -0.1) is 0 Å². The minimum Gasteiger partial charge on any atom is -0.462 e. The van der Waals surface area contributed by atoms with Gasteiger partial charge in [-0.2, -0.15) is 18.4 Å².